The molecule has 0 heterocycles. The second kappa shape index (κ2) is 9.03. The lowest BCUT2D eigenvalue weighted by atomic mass is 10.1. The Kier molecular flexibility index (Phi) is 6.77. The molecule has 0 unspecified atom stereocenters. The molecule has 6 heteroatoms. The van der Waals surface area contributed by atoms with E-state index in [9.17, 15) is 4.79 Å². The number of rotatable bonds is 7. The van der Waals surface area contributed by atoms with E-state index in [1.54, 1.807) is 42.1 Å². The van der Waals surface area contributed by atoms with Crippen LogP contribution in [0.3, 0.4) is 0 Å². The van der Waals surface area contributed by atoms with Crippen LogP contribution in [0.1, 0.15) is 5.56 Å². The Morgan fingerprint density at radius 1 is 0.960 bits per heavy atom. The maximum atomic E-state index is 12.0. The Morgan fingerprint density at radius 3 is 2.04 bits per heavy atom. The van der Waals surface area contributed by atoms with E-state index >= 15 is 0 Å². The summed E-state index contributed by atoms with van der Waals surface area (Å²) in [6.45, 7) is 0. The van der Waals surface area contributed by atoms with Gasteiger partial charge in [-0.05, 0) is 54.3 Å². The predicted octanol–water partition coefficient (Wildman–Crippen LogP) is 4.05. The van der Waals surface area contributed by atoms with Gasteiger partial charge in [-0.25, -0.2) is 4.79 Å². The Balaban J connectivity index is 2.13. The van der Waals surface area contributed by atoms with Gasteiger partial charge < -0.3 is 18.9 Å². The molecular weight excluding hydrogens is 340 g/mol. The van der Waals surface area contributed by atoms with Crippen molar-refractivity contribution in [1.82, 2.24) is 0 Å². The molecule has 0 aromatic heterocycles. The summed E-state index contributed by atoms with van der Waals surface area (Å²) in [5.41, 5.74) is 0.726. The molecule has 0 radical (unpaired) electrons. The molecule has 0 N–H and O–H groups in total. The zero-order valence-corrected chi connectivity index (χ0v) is 15.4. The number of thioether (sulfide) groups is 1. The number of methoxy groups -OCH3 is 3. The average Bonchev–Trinajstić information content (AvgIpc) is 2.65. The van der Waals surface area contributed by atoms with Gasteiger partial charge >= 0.3 is 5.97 Å². The first kappa shape index (κ1) is 18.7. The van der Waals surface area contributed by atoms with Gasteiger partial charge in [-0.2, -0.15) is 0 Å². The lowest BCUT2D eigenvalue weighted by Gasteiger charge is -2.12. The van der Waals surface area contributed by atoms with E-state index < -0.39 is 5.97 Å². The first-order chi connectivity index (χ1) is 12.1. The molecule has 2 aromatic carbocycles. The summed E-state index contributed by atoms with van der Waals surface area (Å²) in [5, 5.41) is 0. The second-order valence-corrected chi connectivity index (χ2v) is 5.77. The van der Waals surface area contributed by atoms with Crippen LogP contribution in [0.5, 0.6) is 23.0 Å². The van der Waals surface area contributed by atoms with E-state index in [2.05, 4.69) is 0 Å². The maximum absolute atomic E-state index is 12.0. The van der Waals surface area contributed by atoms with Gasteiger partial charge in [0.15, 0.2) is 11.5 Å². The molecule has 0 atom stereocenters. The molecule has 0 aliphatic rings. The van der Waals surface area contributed by atoms with Gasteiger partial charge in [0.25, 0.3) is 0 Å². The molecule has 0 amide bonds. The zero-order valence-electron chi connectivity index (χ0n) is 14.6. The van der Waals surface area contributed by atoms with Gasteiger partial charge in [-0.1, -0.05) is 0 Å². The molecule has 0 spiro atoms. The summed E-state index contributed by atoms with van der Waals surface area (Å²) in [4.78, 5) is 13.1. The van der Waals surface area contributed by atoms with Crippen LogP contribution in [0.15, 0.2) is 47.4 Å². The molecule has 132 valence electrons. The molecule has 2 aromatic rings. The third-order valence-corrected chi connectivity index (χ3v) is 4.12. The van der Waals surface area contributed by atoms with Crippen LogP contribution in [0.4, 0.5) is 0 Å². The molecule has 0 fully saturated rings. The van der Waals surface area contributed by atoms with Crippen molar-refractivity contribution in [3.63, 3.8) is 0 Å². The monoisotopic (exact) mass is 360 g/mol. The Hall–Kier alpha value is -2.60. The third kappa shape index (κ3) is 4.93. The normalized spacial score (nSPS) is 10.6. The van der Waals surface area contributed by atoms with Crippen LogP contribution in [-0.4, -0.2) is 33.6 Å². The van der Waals surface area contributed by atoms with Crippen molar-refractivity contribution in [2.24, 2.45) is 0 Å². The molecule has 0 saturated heterocycles. The van der Waals surface area contributed by atoms with Crippen molar-refractivity contribution in [2.45, 2.75) is 4.90 Å². The lowest BCUT2D eigenvalue weighted by molar-refractivity contribution is -0.128. The highest BCUT2D eigenvalue weighted by atomic mass is 32.2. The fourth-order valence-electron chi connectivity index (χ4n) is 2.16. The van der Waals surface area contributed by atoms with E-state index in [4.69, 9.17) is 18.9 Å². The molecule has 5 nitrogen and oxygen atoms in total. The standard InChI is InChI=1S/C19H20O5S/c1-21-16-11-13(12-17(22-2)19(16)23-3)5-10-18(20)24-14-6-8-15(25-4)9-7-14/h5-12H,1-4H3/b10-5+. The van der Waals surface area contributed by atoms with Gasteiger partial charge in [-0.15, -0.1) is 11.8 Å². The largest absolute Gasteiger partial charge is 0.493 e. The smallest absolute Gasteiger partial charge is 0.336 e. The third-order valence-electron chi connectivity index (χ3n) is 3.38. The highest BCUT2D eigenvalue weighted by molar-refractivity contribution is 7.98. The zero-order chi connectivity index (χ0) is 18.2. The van der Waals surface area contributed by atoms with E-state index in [0.717, 1.165) is 10.5 Å². The number of hydrogen-bond donors (Lipinski definition) is 0. The highest BCUT2D eigenvalue weighted by Gasteiger charge is 2.12. The summed E-state index contributed by atoms with van der Waals surface area (Å²) in [5.74, 6) is 1.56. The van der Waals surface area contributed by atoms with Crippen molar-refractivity contribution in [3.8, 4) is 23.0 Å². The van der Waals surface area contributed by atoms with Crippen molar-refractivity contribution >= 4 is 23.8 Å². The number of hydrogen-bond acceptors (Lipinski definition) is 6. The molecule has 0 aliphatic carbocycles. The first-order valence-corrected chi connectivity index (χ1v) is 8.67. The first-order valence-electron chi connectivity index (χ1n) is 7.45. The van der Waals surface area contributed by atoms with Gasteiger partial charge in [0.05, 0.1) is 21.3 Å². The SMILES string of the molecule is COc1cc(/C=C/C(=O)Oc2ccc(SC)cc2)cc(OC)c1OC. The fraction of sp³-hybridized carbons (Fsp3) is 0.211. The number of carbonyl (C=O) groups is 1. The fourth-order valence-corrected chi connectivity index (χ4v) is 2.56. The number of ether oxygens (including phenoxy) is 4. The molecule has 0 bridgehead atoms. The van der Waals surface area contributed by atoms with Crippen molar-refractivity contribution in [3.05, 3.63) is 48.0 Å². The minimum atomic E-state index is -0.467. The van der Waals surface area contributed by atoms with Gasteiger partial charge in [0.1, 0.15) is 5.75 Å². The molecule has 0 saturated carbocycles. The Morgan fingerprint density at radius 2 is 1.56 bits per heavy atom. The molecule has 25 heavy (non-hydrogen) atoms. The van der Waals surface area contributed by atoms with Crippen LogP contribution >= 0.6 is 11.8 Å². The number of benzene rings is 2. The molecule has 0 aliphatic heterocycles. The molecule has 2 rings (SSSR count). The van der Waals surface area contributed by atoms with E-state index in [1.165, 1.54) is 27.4 Å². The minimum absolute atomic E-state index is 0.467. The number of esters is 1. The van der Waals surface area contributed by atoms with Gasteiger partial charge in [0.2, 0.25) is 5.75 Å². The van der Waals surface area contributed by atoms with E-state index in [1.807, 2.05) is 18.4 Å². The second-order valence-electron chi connectivity index (χ2n) is 4.89. The minimum Gasteiger partial charge on any atom is -0.493 e. The summed E-state index contributed by atoms with van der Waals surface area (Å²) in [6.07, 6.45) is 4.97. The van der Waals surface area contributed by atoms with Crippen molar-refractivity contribution in [2.75, 3.05) is 27.6 Å². The summed E-state index contributed by atoms with van der Waals surface area (Å²) >= 11 is 1.63. The van der Waals surface area contributed by atoms with Gasteiger partial charge in [0, 0.05) is 11.0 Å². The van der Waals surface area contributed by atoms with Crippen molar-refractivity contribution in [1.29, 1.82) is 0 Å². The Labute approximate surface area is 151 Å². The van der Waals surface area contributed by atoms with Crippen LogP contribution in [0.25, 0.3) is 6.08 Å². The molecular formula is C19H20O5S. The topological polar surface area (TPSA) is 54.0 Å². The number of carbonyl (C=O) groups excluding carboxylic acids is 1. The van der Waals surface area contributed by atoms with E-state index in [-0.39, 0.29) is 0 Å². The van der Waals surface area contributed by atoms with Crippen molar-refractivity contribution < 1.29 is 23.7 Å². The highest BCUT2D eigenvalue weighted by Crippen LogP contribution is 2.38. The predicted molar refractivity (Wildman–Crippen MR) is 99.0 cm³/mol. The van der Waals surface area contributed by atoms with Crippen LogP contribution in [-0.2, 0) is 4.79 Å². The van der Waals surface area contributed by atoms with Crippen LogP contribution < -0.4 is 18.9 Å². The summed E-state index contributed by atoms with van der Waals surface area (Å²) in [7, 11) is 4.62. The van der Waals surface area contributed by atoms with Crippen LogP contribution in [0, 0.1) is 0 Å². The summed E-state index contributed by atoms with van der Waals surface area (Å²) in [6, 6.07) is 10.8. The van der Waals surface area contributed by atoms with E-state index in [0.29, 0.717) is 23.0 Å². The average molecular weight is 360 g/mol. The Bertz CT molecular complexity index is 728. The quantitative estimate of drug-likeness (QED) is 0.321. The maximum Gasteiger partial charge on any atom is 0.336 e. The summed E-state index contributed by atoms with van der Waals surface area (Å²) < 4.78 is 21.1. The van der Waals surface area contributed by atoms with Gasteiger partial charge in [-0.3, -0.25) is 0 Å². The lowest BCUT2D eigenvalue weighted by Crippen LogP contribution is -2.03. The van der Waals surface area contributed by atoms with Crippen LogP contribution in [0.2, 0.25) is 0 Å².